The van der Waals surface area contributed by atoms with Crippen LogP contribution in [0.2, 0.25) is 0 Å². The molecule has 0 unspecified atom stereocenters. The standard InChI is InChI=1S/C21H21F2N3O2/c1-26(2)20(28)12-24-19(27)10-8-16-17-11-15(23)7-9-18(17)25-21(16)13-3-5-14(22)6-4-13/h3-7,9,11,25H,8,10,12H2,1-2H3,(H,24,27). The molecule has 5 nitrogen and oxygen atoms in total. The summed E-state index contributed by atoms with van der Waals surface area (Å²) in [5.74, 6) is -1.20. The number of aryl methyl sites for hydroxylation is 1. The SMILES string of the molecule is CN(C)C(=O)CNC(=O)CCc1c(-c2ccc(F)cc2)[nH]c2ccc(F)cc12. The minimum atomic E-state index is -0.376. The Hall–Kier alpha value is -3.22. The lowest BCUT2D eigenvalue weighted by molar-refractivity contribution is -0.130. The van der Waals surface area contributed by atoms with Gasteiger partial charge < -0.3 is 15.2 Å². The smallest absolute Gasteiger partial charge is 0.241 e. The lowest BCUT2D eigenvalue weighted by Gasteiger charge is -2.11. The number of aromatic amines is 1. The molecule has 0 fully saturated rings. The lowest BCUT2D eigenvalue weighted by atomic mass is 10.0. The monoisotopic (exact) mass is 385 g/mol. The maximum atomic E-state index is 13.8. The van der Waals surface area contributed by atoms with Crippen LogP contribution in [-0.4, -0.2) is 42.3 Å². The first-order valence-electron chi connectivity index (χ1n) is 8.88. The van der Waals surface area contributed by atoms with Crippen molar-refractivity contribution in [3.05, 3.63) is 59.7 Å². The highest BCUT2D eigenvalue weighted by Crippen LogP contribution is 2.32. The van der Waals surface area contributed by atoms with Gasteiger partial charge in [0.25, 0.3) is 0 Å². The van der Waals surface area contributed by atoms with Gasteiger partial charge >= 0.3 is 0 Å². The van der Waals surface area contributed by atoms with Gasteiger partial charge in [-0.05, 0) is 60.0 Å². The highest BCUT2D eigenvalue weighted by Gasteiger charge is 2.16. The molecule has 7 heteroatoms. The molecule has 3 rings (SSSR count). The molecule has 0 aliphatic heterocycles. The van der Waals surface area contributed by atoms with Gasteiger partial charge in [0, 0.05) is 37.1 Å². The molecule has 0 bridgehead atoms. The second kappa shape index (κ2) is 8.21. The van der Waals surface area contributed by atoms with E-state index in [1.54, 1.807) is 32.3 Å². The third kappa shape index (κ3) is 4.36. The summed E-state index contributed by atoms with van der Waals surface area (Å²) in [4.78, 5) is 28.4. The molecule has 0 atom stereocenters. The van der Waals surface area contributed by atoms with Gasteiger partial charge in [0.05, 0.1) is 6.54 Å². The average molecular weight is 385 g/mol. The highest BCUT2D eigenvalue weighted by atomic mass is 19.1. The molecule has 146 valence electrons. The van der Waals surface area contributed by atoms with Crippen molar-refractivity contribution < 1.29 is 18.4 Å². The van der Waals surface area contributed by atoms with Crippen molar-refractivity contribution in [1.82, 2.24) is 15.2 Å². The molecule has 0 radical (unpaired) electrons. The number of rotatable bonds is 6. The minimum absolute atomic E-state index is 0.0703. The van der Waals surface area contributed by atoms with E-state index in [0.717, 1.165) is 22.3 Å². The van der Waals surface area contributed by atoms with E-state index >= 15 is 0 Å². The van der Waals surface area contributed by atoms with E-state index in [9.17, 15) is 18.4 Å². The Morgan fingerprint density at radius 1 is 1.04 bits per heavy atom. The number of likely N-dealkylation sites (N-methyl/N-ethyl adjacent to an activating group) is 1. The maximum absolute atomic E-state index is 13.8. The van der Waals surface area contributed by atoms with Crippen molar-refractivity contribution in [3.8, 4) is 11.3 Å². The molecule has 3 aromatic rings. The second-order valence-corrected chi connectivity index (χ2v) is 6.74. The van der Waals surface area contributed by atoms with Crippen molar-refractivity contribution in [1.29, 1.82) is 0 Å². The number of hydrogen-bond donors (Lipinski definition) is 2. The topological polar surface area (TPSA) is 65.2 Å². The van der Waals surface area contributed by atoms with Gasteiger partial charge in [-0.2, -0.15) is 0 Å². The Kier molecular flexibility index (Phi) is 5.73. The highest BCUT2D eigenvalue weighted by molar-refractivity contribution is 5.92. The summed E-state index contributed by atoms with van der Waals surface area (Å²) in [6, 6.07) is 10.4. The fourth-order valence-corrected chi connectivity index (χ4v) is 3.00. The van der Waals surface area contributed by atoms with E-state index in [0.29, 0.717) is 11.8 Å². The van der Waals surface area contributed by atoms with Gasteiger partial charge in [0.2, 0.25) is 11.8 Å². The van der Waals surface area contributed by atoms with Gasteiger partial charge in [-0.1, -0.05) is 0 Å². The number of fused-ring (bicyclic) bond motifs is 1. The molecule has 0 saturated carbocycles. The van der Waals surface area contributed by atoms with Gasteiger partial charge in [-0.25, -0.2) is 8.78 Å². The third-order valence-electron chi connectivity index (χ3n) is 4.54. The Balaban J connectivity index is 1.85. The van der Waals surface area contributed by atoms with Gasteiger partial charge in [0.1, 0.15) is 11.6 Å². The van der Waals surface area contributed by atoms with E-state index in [1.807, 2.05) is 0 Å². The van der Waals surface area contributed by atoms with Crippen LogP contribution >= 0.6 is 0 Å². The molecule has 0 saturated heterocycles. The van der Waals surface area contributed by atoms with E-state index in [4.69, 9.17) is 0 Å². The number of amides is 2. The van der Waals surface area contributed by atoms with E-state index < -0.39 is 0 Å². The first-order chi connectivity index (χ1) is 13.3. The molecule has 2 amide bonds. The normalized spacial score (nSPS) is 10.9. The zero-order valence-corrected chi connectivity index (χ0v) is 15.7. The molecular weight excluding hydrogens is 364 g/mol. The molecule has 0 spiro atoms. The Morgan fingerprint density at radius 2 is 1.71 bits per heavy atom. The number of hydrogen-bond acceptors (Lipinski definition) is 2. The van der Waals surface area contributed by atoms with Crippen molar-refractivity contribution in [2.75, 3.05) is 20.6 Å². The van der Waals surface area contributed by atoms with Crippen LogP contribution in [0.15, 0.2) is 42.5 Å². The summed E-state index contributed by atoms with van der Waals surface area (Å²) < 4.78 is 27.1. The predicted octanol–water partition coefficient (Wildman–Crippen LogP) is 3.25. The van der Waals surface area contributed by atoms with Crippen molar-refractivity contribution >= 4 is 22.7 Å². The molecule has 1 aromatic heterocycles. The van der Waals surface area contributed by atoms with Crippen molar-refractivity contribution in [2.45, 2.75) is 12.8 Å². The third-order valence-corrected chi connectivity index (χ3v) is 4.54. The fraction of sp³-hybridized carbons (Fsp3) is 0.238. The molecular formula is C21H21F2N3O2. The van der Waals surface area contributed by atoms with Crippen molar-refractivity contribution in [2.24, 2.45) is 0 Å². The first kappa shape index (κ1) is 19.5. The predicted molar refractivity (Wildman–Crippen MR) is 104 cm³/mol. The van der Waals surface area contributed by atoms with E-state index in [-0.39, 0.29) is 36.4 Å². The van der Waals surface area contributed by atoms with Crippen LogP contribution in [0, 0.1) is 11.6 Å². The van der Waals surface area contributed by atoms with Crippen molar-refractivity contribution in [3.63, 3.8) is 0 Å². The number of carbonyl (C=O) groups is 2. The Bertz CT molecular complexity index is 1010. The molecule has 0 aliphatic carbocycles. The Morgan fingerprint density at radius 3 is 2.39 bits per heavy atom. The summed E-state index contributed by atoms with van der Waals surface area (Å²) >= 11 is 0. The zero-order valence-electron chi connectivity index (χ0n) is 15.7. The average Bonchev–Trinajstić information content (AvgIpc) is 3.02. The Labute approximate surface area is 161 Å². The first-order valence-corrected chi connectivity index (χ1v) is 8.88. The molecule has 2 aromatic carbocycles. The molecule has 28 heavy (non-hydrogen) atoms. The number of nitrogens with one attached hydrogen (secondary N) is 2. The van der Waals surface area contributed by atoms with Crippen LogP contribution in [0.3, 0.4) is 0 Å². The summed E-state index contributed by atoms with van der Waals surface area (Å²) in [6.07, 6.45) is 0.483. The van der Waals surface area contributed by atoms with Crippen LogP contribution in [0.4, 0.5) is 8.78 Å². The number of benzene rings is 2. The van der Waals surface area contributed by atoms with Gasteiger partial charge in [0.15, 0.2) is 0 Å². The van der Waals surface area contributed by atoms with Crippen LogP contribution in [-0.2, 0) is 16.0 Å². The fourth-order valence-electron chi connectivity index (χ4n) is 3.00. The van der Waals surface area contributed by atoms with Crippen LogP contribution < -0.4 is 5.32 Å². The number of halogens is 2. The quantitative estimate of drug-likeness (QED) is 0.684. The minimum Gasteiger partial charge on any atom is -0.354 e. The largest absolute Gasteiger partial charge is 0.354 e. The van der Waals surface area contributed by atoms with Crippen LogP contribution in [0.5, 0.6) is 0 Å². The molecule has 1 heterocycles. The number of aromatic nitrogens is 1. The summed E-state index contributed by atoms with van der Waals surface area (Å²) in [5.41, 5.74) is 2.98. The molecule has 0 aliphatic rings. The van der Waals surface area contributed by atoms with Crippen LogP contribution in [0.25, 0.3) is 22.2 Å². The summed E-state index contributed by atoms with van der Waals surface area (Å²) in [6.45, 7) is -0.0703. The summed E-state index contributed by atoms with van der Waals surface area (Å²) in [7, 11) is 3.23. The molecule has 2 N–H and O–H groups in total. The lowest BCUT2D eigenvalue weighted by Crippen LogP contribution is -2.36. The zero-order chi connectivity index (χ0) is 20.3. The van der Waals surface area contributed by atoms with Gasteiger partial charge in [-0.3, -0.25) is 9.59 Å². The van der Waals surface area contributed by atoms with Crippen LogP contribution in [0.1, 0.15) is 12.0 Å². The summed E-state index contributed by atoms with van der Waals surface area (Å²) in [5, 5.41) is 3.27. The van der Waals surface area contributed by atoms with Gasteiger partial charge in [-0.15, -0.1) is 0 Å². The number of H-pyrrole nitrogens is 1. The maximum Gasteiger partial charge on any atom is 0.241 e. The second-order valence-electron chi connectivity index (χ2n) is 6.74. The van der Waals surface area contributed by atoms with E-state index in [2.05, 4.69) is 10.3 Å². The number of carbonyl (C=O) groups excluding carboxylic acids is 2. The number of nitrogens with zero attached hydrogens (tertiary/aromatic N) is 1. The van der Waals surface area contributed by atoms with E-state index in [1.165, 1.54) is 29.2 Å².